The van der Waals surface area contributed by atoms with Gasteiger partial charge in [0.15, 0.2) is 23.1 Å². The van der Waals surface area contributed by atoms with E-state index in [1.807, 2.05) is 0 Å². The Balaban J connectivity index is 1.97. The molecule has 3 amide bonds. The Kier molecular flexibility index (Phi) is 5.16. The summed E-state index contributed by atoms with van der Waals surface area (Å²) in [5.41, 5.74) is 1.00. The van der Waals surface area contributed by atoms with Crippen LogP contribution in [0.5, 0.6) is 11.5 Å². The van der Waals surface area contributed by atoms with E-state index in [2.05, 4.69) is 16.0 Å². The van der Waals surface area contributed by atoms with Gasteiger partial charge in [-0.15, -0.1) is 0 Å². The molecular weight excluding hydrogens is 372 g/mol. The molecule has 1 unspecified atom stereocenters. The molecule has 2 aromatic carbocycles. The molecule has 3 rings (SSSR count). The van der Waals surface area contributed by atoms with Crippen molar-refractivity contribution in [3.63, 3.8) is 0 Å². The molecule has 9 heteroatoms. The third kappa shape index (κ3) is 3.73. The molecule has 1 aliphatic heterocycles. The van der Waals surface area contributed by atoms with Crippen LogP contribution in [0.15, 0.2) is 47.7 Å². The Bertz CT molecular complexity index is 991. The van der Waals surface area contributed by atoms with Gasteiger partial charge in [-0.1, -0.05) is 6.07 Å². The molecule has 7 nitrogen and oxygen atoms in total. The second-order valence-corrected chi connectivity index (χ2v) is 6.08. The van der Waals surface area contributed by atoms with Crippen molar-refractivity contribution in [3.05, 3.63) is 64.9 Å². The zero-order valence-electron chi connectivity index (χ0n) is 15.0. The van der Waals surface area contributed by atoms with Gasteiger partial charge in [-0.25, -0.2) is 13.6 Å². The average Bonchev–Trinajstić information content (AvgIpc) is 2.64. The lowest BCUT2D eigenvalue weighted by atomic mass is 9.94. The molecule has 0 radical (unpaired) electrons. The molecule has 0 spiro atoms. The van der Waals surface area contributed by atoms with Gasteiger partial charge in [-0.2, -0.15) is 0 Å². The predicted octanol–water partition coefficient (Wildman–Crippen LogP) is 2.95. The lowest BCUT2D eigenvalue weighted by molar-refractivity contribution is -0.113. The monoisotopic (exact) mass is 389 g/mol. The van der Waals surface area contributed by atoms with E-state index in [-0.39, 0.29) is 22.8 Å². The summed E-state index contributed by atoms with van der Waals surface area (Å²) in [6.45, 7) is 1.55. The topological polar surface area (TPSA) is 99.7 Å². The van der Waals surface area contributed by atoms with Crippen LogP contribution in [0.25, 0.3) is 0 Å². The van der Waals surface area contributed by atoms with Gasteiger partial charge < -0.3 is 25.8 Å². The molecule has 1 heterocycles. The molecule has 1 atom stereocenters. The van der Waals surface area contributed by atoms with Gasteiger partial charge in [0.2, 0.25) is 0 Å². The molecular formula is C19H17F2N3O4. The molecule has 0 saturated carbocycles. The van der Waals surface area contributed by atoms with Crippen LogP contribution in [0.2, 0.25) is 0 Å². The Labute approximate surface area is 159 Å². The number of phenolic OH excluding ortho intramolecular Hbond substituents is 1. The van der Waals surface area contributed by atoms with E-state index >= 15 is 0 Å². The number of urea groups is 1. The maximum atomic E-state index is 13.4. The number of hydrogen-bond donors (Lipinski definition) is 4. The quantitative estimate of drug-likeness (QED) is 0.646. The third-order valence-corrected chi connectivity index (χ3v) is 4.23. The summed E-state index contributed by atoms with van der Waals surface area (Å²) in [6.07, 6.45) is 0. The lowest BCUT2D eigenvalue weighted by Crippen LogP contribution is -2.46. The SMILES string of the molecule is COc1cc(C2NC(=O)NC(C)=C2C(=O)Nc2ccc(F)c(F)c2)ccc1O. The summed E-state index contributed by atoms with van der Waals surface area (Å²) < 4.78 is 31.6. The number of hydrogen-bond acceptors (Lipinski definition) is 4. The minimum absolute atomic E-state index is 0.0585. The van der Waals surface area contributed by atoms with Gasteiger partial charge in [-0.3, -0.25) is 4.79 Å². The molecule has 2 aromatic rings. The summed E-state index contributed by atoms with van der Waals surface area (Å²) in [5.74, 6) is -2.68. The first-order chi connectivity index (χ1) is 13.3. The molecule has 0 saturated heterocycles. The fourth-order valence-corrected chi connectivity index (χ4v) is 2.89. The zero-order valence-corrected chi connectivity index (χ0v) is 15.0. The summed E-state index contributed by atoms with van der Waals surface area (Å²) in [5, 5.41) is 17.4. The minimum atomic E-state index is -1.10. The molecule has 0 aromatic heterocycles. The number of nitrogens with one attached hydrogen (secondary N) is 3. The summed E-state index contributed by atoms with van der Waals surface area (Å²) in [7, 11) is 1.37. The van der Waals surface area contributed by atoms with Crippen LogP contribution >= 0.6 is 0 Å². The smallest absolute Gasteiger partial charge is 0.319 e. The number of methoxy groups -OCH3 is 1. The fraction of sp³-hybridized carbons (Fsp3) is 0.158. The maximum absolute atomic E-state index is 13.4. The van der Waals surface area contributed by atoms with Crippen molar-refractivity contribution < 1.29 is 28.2 Å². The van der Waals surface area contributed by atoms with E-state index in [0.717, 1.165) is 12.1 Å². The van der Waals surface area contributed by atoms with Crippen molar-refractivity contribution in [1.29, 1.82) is 0 Å². The van der Waals surface area contributed by atoms with Gasteiger partial charge in [0.1, 0.15) is 0 Å². The Morgan fingerprint density at radius 1 is 1.18 bits per heavy atom. The van der Waals surface area contributed by atoms with E-state index in [0.29, 0.717) is 11.3 Å². The van der Waals surface area contributed by atoms with E-state index in [1.165, 1.54) is 31.4 Å². The highest BCUT2D eigenvalue weighted by Crippen LogP contribution is 2.33. The van der Waals surface area contributed by atoms with Crippen LogP contribution in [-0.2, 0) is 4.79 Å². The number of allylic oxidation sites excluding steroid dienone is 1. The fourth-order valence-electron chi connectivity index (χ4n) is 2.89. The number of anilines is 1. The summed E-state index contributed by atoms with van der Waals surface area (Å²) in [4.78, 5) is 24.8. The Morgan fingerprint density at radius 3 is 2.61 bits per heavy atom. The van der Waals surface area contributed by atoms with Gasteiger partial charge in [0, 0.05) is 17.5 Å². The Morgan fingerprint density at radius 2 is 1.93 bits per heavy atom. The van der Waals surface area contributed by atoms with Crippen LogP contribution in [0, 0.1) is 11.6 Å². The van der Waals surface area contributed by atoms with E-state index in [4.69, 9.17) is 4.74 Å². The molecule has 0 bridgehead atoms. The molecule has 0 fully saturated rings. The highest BCUT2D eigenvalue weighted by molar-refractivity contribution is 6.06. The van der Waals surface area contributed by atoms with Crippen molar-refractivity contribution in [3.8, 4) is 11.5 Å². The van der Waals surface area contributed by atoms with Gasteiger partial charge in [0.05, 0.1) is 18.7 Å². The molecule has 1 aliphatic rings. The first kappa shape index (κ1) is 19.2. The Hall–Kier alpha value is -3.62. The second-order valence-electron chi connectivity index (χ2n) is 6.08. The molecule has 4 N–H and O–H groups in total. The molecule has 146 valence electrons. The highest BCUT2D eigenvalue weighted by atomic mass is 19.2. The normalized spacial score (nSPS) is 16.3. The third-order valence-electron chi connectivity index (χ3n) is 4.23. The standard InChI is InChI=1S/C19H17F2N3O4/c1-9-16(18(26)23-11-4-5-12(20)13(21)8-11)17(24-19(27)22-9)10-3-6-14(25)15(7-10)28-2/h3-8,17,25H,1-2H3,(H,23,26)(H2,22,24,27). The number of halogens is 2. The number of rotatable bonds is 4. The second kappa shape index (κ2) is 7.55. The van der Waals surface area contributed by atoms with Crippen LogP contribution in [0.4, 0.5) is 19.3 Å². The van der Waals surface area contributed by atoms with Crippen molar-refractivity contribution in [2.24, 2.45) is 0 Å². The number of carbonyl (C=O) groups is 2. The van der Waals surface area contributed by atoms with Crippen molar-refractivity contribution in [1.82, 2.24) is 10.6 Å². The largest absolute Gasteiger partial charge is 0.504 e. The predicted molar refractivity (Wildman–Crippen MR) is 96.8 cm³/mol. The van der Waals surface area contributed by atoms with E-state index in [9.17, 15) is 23.5 Å². The first-order valence-electron chi connectivity index (χ1n) is 8.21. The van der Waals surface area contributed by atoms with Crippen molar-refractivity contribution in [2.45, 2.75) is 13.0 Å². The minimum Gasteiger partial charge on any atom is -0.504 e. The van der Waals surface area contributed by atoms with Crippen LogP contribution in [-0.4, -0.2) is 24.2 Å². The van der Waals surface area contributed by atoms with Crippen molar-refractivity contribution >= 4 is 17.6 Å². The van der Waals surface area contributed by atoms with Crippen LogP contribution in [0.1, 0.15) is 18.5 Å². The molecule has 0 aliphatic carbocycles. The number of carbonyl (C=O) groups excluding carboxylic acids is 2. The molecule has 28 heavy (non-hydrogen) atoms. The number of benzene rings is 2. The van der Waals surface area contributed by atoms with Gasteiger partial charge >= 0.3 is 6.03 Å². The van der Waals surface area contributed by atoms with E-state index in [1.54, 1.807) is 6.92 Å². The maximum Gasteiger partial charge on any atom is 0.319 e. The zero-order chi connectivity index (χ0) is 20.4. The van der Waals surface area contributed by atoms with Crippen molar-refractivity contribution in [2.75, 3.05) is 12.4 Å². The lowest BCUT2D eigenvalue weighted by Gasteiger charge is -2.29. The van der Waals surface area contributed by atoms with Crippen LogP contribution < -0.4 is 20.7 Å². The van der Waals surface area contributed by atoms with Gasteiger partial charge in [-0.05, 0) is 36.8 Å². The van der Waals surface area contributed by atoms with Gasteiger partial charge in [0.25, 0.3) is 5.91 Å². The first-order valence-corrected chi connectivity index (χ1v) is 8.21. The number of ether oxygens (including phenoxy) is 1. The number of phenols is 1. The van der Waals surface area contributed by atoms with Crippen LogP contribution in [0.3, 0.4) is 0 Å². The van der Waals surface area contributed by atoms with E-state index < -0.39 is 29.6 Å². The number of aromatic hydroxyl groups is 1. The number of amides is 3. The average molecular weight is 389 g/mol. The summed E-state index contributed by atoms with van der Waals surface area (Å²) >= 11 is 0. The summed E-state index contributed by atoms with van der Waals surface area (Å²) in [6, 6.07) is 6.01. The highest BCUT2D eigenvalue weighted by Gasteiger charge is 2.31.